The Balaban J connectivity index is 5.23. The molecule has 0 bridgehead atoms. The average Bonchev–Trinajstić information content (AvgIpc) is 1.32. The van der Waals surface area contributed by atoms with Gasteiger partial charge in [0.05, 0.1) is 26.4 Å². The second-order valence-corrected chi connectivity index (χ2v) is 30.9. The van der Waals surface area contributed by atoms with Crippen LogP contribution in [-0.2, 0) is 65.4 Å². The summed E-state index contributed by atoms with van der Waals surface area (Å²) in [5, 5.41) is 10.6. The molecule has 17 nitrogen and oxygen atoms in total. The lowest BCUT2D eigenvalue weighted by Gasteiger charge is -2.21. The van der Waals surface area contributed by atoms with E-state index >= 15 is 0 Å². The topological polar surface area (TPSA) is 237 Å². The van der Waals surface area contributed by atoms with Crippen LogP contribution in [-0.4, -0.2) is 96.7 Å². The molecule has 0 fully saturated rings. The summed E-state index contributed by atoms with van der Waals surface area (Å²) in [4.78, 5) is 72.7. The van der Waals surface area contributed by atoms with E-state index in [1.54, 1.807) is 0 Å². The highest BCUT2D eigenvalue weighted by atomic mass is 31.2. The number of hydrogen-bond acceptors (Lipinski definition) is 15. The van der Waals surface area contributed by atoms with Gasteiger partial charge in [-0.1, -0.05) is 337 Å². The van der Waals surface area contributed by atoms with E-state index in [1.807, 2.05) is 0 Å². The van der Waals surface area contributed by atoms with Crippen molar-refractivity contribution >= 4 is 39.5 Å². The Bertz CT molecular complexity index is 1820. The molecular weight excluding hydrogens is 1230 g/mol. The lowest BCUT2D eigenvalue weighted by molar-refractivity contribution is -0.161. The largest absolute Gasteiger partial charge is 0.472 e. The van der Waals surface area contributed by atoms with Gasteiger partial charge in [0, 0.05) is 25.7 Å². The third-order valence-corrected chi connectivity index (χ3v) is 19.4. The van der Waals surface area contributed by atoms with E-state index in [1.165, 1.54) is 199 Å². The van der Waals surface area contributed by atoms with Crippen molar-refractivity contribution in [2.24, 2.45) is 11.8 Å². The Kier molecular flexibility index (Phi) is 65.5. The van der Waals surface area contributed by atoms with E-state index in [4.69, 9.17) is 37.0 Å². The highest BCUT2D eigenvalue weighted by molar-refractivity contribution is 7.47. The van der Waals surface area contributed by atoms with Crippen LogP contribution in [0.15, 0.2) is 0 Å². The molecule has 0 aromatic rings. The Labute approximate surface area is 575 Å². The molecule has 0 heterocycles. The van der Waals surface area contributed by atoms with E-state index < -0.39 is 97.5 Å². The Morgan fingerprint density at radius 1 is 0.287 bits per heavy atom. The summed E-state index contributed by atoms with van der Waals surface area (Å²) in [7, 11) is -9.91. The first-order chi connectivity index (χ1) is 45.4. The number of aliphatic hydroxyl groups is 1. The van der Waals surface area contributed by atoms with Gasteiger partial charge < -0.3 is 33.8 Å². The third-order valence-electron chi connectivity index (χ3n) is 17.5. The van der Waals surface area contributed by atoms with Crippen LogP contribution in [0.25, 0.3) is 0 Å². The van der Waals surface area contributed by atoms with Gasteiger partial charge in [-0.3, -0.25) is 37.3 Å². The van der Waals surface area contributed by atoms with Gasteiger partial charge >= 0.3 is 39.5 Å². The maximum Gasteiger partial charge on any atom is 0.472 e. The van der Waals surface area contributed by atoms with Crippen LogP contribution in [0.4, 0.5) is 0 Å². The second-order valence-electron chi connectivity index (χ2n) is 28.0. The molecular formula is C75H146O17P2. The zero-order chi connectivity index (χ0) is 69.3. The molecule has 94 heavy (non-hydrogen) atoms. The predicted molar refractivity (Wildman–Crippen MR) is 381 cm³/mol. The number of unbranched alkanes of at least 4 members (excludes halogenated alkanes) is 44. The maximum atomic E-state index is 13.1. The normalized spacial score (nSPS) is 14.0. The first kappa shape index (κ1) is 92.1. The third kappa shape index (κ3) is 68.6. The van der Waals surface area contributed by atoms with Gasteiger partial charge in [-0.2, -0.15) is 0 Å². The highest BCUT2D eigenvalue weighted by Gasteiger charge is 2.30. The average molecular weight is 1380 g/mol. The van der Waals surface area contributed by atoms with Gasteiger partial charge in [0.25, 0.3) is 0 Å². The van der Waals surface area contributed by atoms with Crippen LogP contribution in [0.3, 0.4) is 0 Å². The summed E-state index contributed by atoms with van der Waals surface area (Å²) >= 11 is 0. The van der Waals surface area contributed by atoms with Crippen LogP contribution < -0.4 is 0 Å². The smallest absolute Gasteiger partial charge is 0.462 e. The number of phosphoric ester groups is 2. The highest BCUT2D eigenvalue weighted by Crippen LogP contribution is 2.45. The number of carbonyl (C=O) groups is 4. The van der Waals surface area contributed by atoms with Crippen molar-refractivity contribution in [3.05, 3.63) is 0 Å². The van der Waals surface area contributed by atoms with Crippen molar-refractivity contribution < 1.29 is 80.2 Å². The Morgan fingerprint density at radius 2 is 0.489 bits per heavy atom. The summed E-state index contributed by atoms with van der Waals surface area (Å²) in [6, 6.07) is 0. The van der Waals surface area contributed by atoms with Crippen LogP contribution in [0.1, 0.15) is 388 Å². The number of ether oxygens (including phenoxy) is 4. The minimum absolute atomic E-state index is 0.104. The van der Waals surface area contributed by atoms with Crippen LogP contribution in [0, 0.1) is 11.8 Å². The van der Waals surface area contributed by atoms with E-state index in [2.05, 4.69) is 41.5 Å². The number of hydrogen-bond donors (Lipinski definition) is 3. The minimum atomic E-state index is -4.96. The number of rotatable bonds is 74. The molecule has 0 amide bonds. The lowest BCUT2D eigenvalue weighted by Crippen LogP contribution is -2.30. The molecule has 19 heteroatoms. The SMILES string of the molecule is CCCCCCCCCCCCCCCCCCCCC(=O)O[C@H](COC(=O)CCCCCCCCCCCCCCCCC)COP(=O)(O)OC[C@@H](O)COP(=O)(O)OC[C@@H](COC(=O)CCCCCCCCCC(C)C)OC(=O)CCCCCCCCCCC(C)C. The summed E-state index contributed by atoms with van der Waals surface area (Å²) in [6.45, 7) is 9.49. The van der Waals surface area contributed by atoms with E-state index in [0.29, 0.717) is 31.6 Å². The standard InChI is InChI=1S/C75H146O17P2/c1-7-9-11-13-15-17-19-21-23-24-25-27-29-31-33-40-47-53-59-74(79)91-70(63-85-72(77)57-51-45-39-32-30-28-26-22-20-18-16-14-12-10-8-2)65-89-93(81,82)87-61-69(76)62-88-94(83,84)90-66-71(64-86-73(78)58-52-46-42-36-38-44-50-56-68(5)6)92-75(80)60-54-48-41-35-34-37-43-49-55-67(3)4/h67-71,76H,7-66H2,1-6H3,(H,81,82)(H,83,84)/t69-,70-,71-/m1/s1. The molecule has 0 radical (unpaired) electrons. The van der Waals surface area contributed by atoms with Crippen molar-refractivity contribution in [3.8, 4) is 0 Å². The predicted octanol–water partition coefficient (Wildman–Crippen LogP) is 21.9. The number of phosphoric acid groups is 2. The van der Waals surface area contributed by atoms with Gasteiger partial charge in [-0.05, 0) is 37.5 Å². The van der Waals surface area contributed by atoms with Gasteiger partial charge in [-0.25, -0.2) is 9.13 Å². The van der Waals surface area contributed by atoms with E-state index in [-0.39, 0.29) is 25.7 Å². The van der Waals surface area contributed by atoms with Crippen LogP contribution in [0.5, 0.6) is 0 Å². The fraction of sp³-hybridized carbons (Fsp3) is 0.947. The van der Waals surface area contributed by atoms with Gasteiger partial charge in [0.2, 0.25) is 0 Å². The van der Waals surface area contributed by atoms with Crippen molar-refractivity contribution in [2.75, 3.05) is 39.6 Å². The van der Waals surface area contributed by atoms with Crippen molar-refractivity contribution in [1.82, 2.24) is 0 Å². The van der Waals surface area contributed by atoms with Crippen LogP contribution >= 0.6 is 15.6 Å². The molecule has 3 N–H and O–H groups in total. The number of carbonyl (C=O) groups excluding carboxylic acids is 4. The summed E-state index contributed by atoms with van der Waals surface area (Å²) in [6.07, 6.45) is 54.3. The van der Waals surface area contributed by atoms with Crippen molar-refractivity contribution in [1.29, 1.82) is 0 Å². The maximum absolute atomic E-state index is 13.1. The zero-order valence-electron chi connectivity index (χ0n) is 61.3. The van der Waals surface area contributed by atoms with Crippen LogP contribution in [0.2, 0.25) is 0 Å². The Morgan fingerprint density at radius 3 is 0.723 bits per heavy atom. The first-order valence-corrected chi connectivity index (χ1v) is 42.0. The second kappa shape index (κ2) is 66.9. The van der Waals surface area contributed by atoms with E-state index in [9.17, 15) is 43.2 Å². The molecule has 0 aliphatic carbocycles. The molecule has 0 saturated heterocycles. The summed E-state index contributed by atoms with van der Waals surface area (Å²) in [5.41, 5.74) is 0. The van der Waals surface area contributed by atoms with Crippen molar-refractivity contribution in [2.45, 2.75) is 407 Å². The molecule has 0 rings (SSSR count). The summed E-state index contributed by atoms with van der Waals surface area (Å²) in [5.74, 6) is -0.696. The van der Waals surface area contributed by atoms with E-state index in [0.717, 1.165) is 102 Å². The first-order valence-electron chi connectivity index (χ1n) is 39.0. The molecule has 5 atom stereocenters. The summed E-state index contributed by atoms with van der Waals surface area (Å²) < 4.78 is 68.5. The molecule has 0 aromatic carbocycles. The van der Waals surface area contributed by atoms with Gasteiger partial charge in [0.15, 0.2) is 12.2 Å². The number of aliphatic hydroxyl groups excluding tert-OH is 1. The molecule has 0 spiro atoms. The molecule has 0 aliphatic heterocycles. The van der Waals surface area contributed by atoms with Gasteiger partial charge in [0.1, 0.15) is 19.3 Å². The molecule has 0 aromatic heterocycles. The van der Waals surface area contributed by atoms with Crippen molar-refractivity contribution in [3.63, 3.8) is 0 Å². The lowest BCUT2D eigenvalue weighted by atomic mass is 10.0. The molecule has 2 unspecified atom stereocenters. The molecule has 0 saturated carbocycles. The fourth-order valence-corrected chi connectivity index (χ4v) is 13.1. The Hall–Kier alpha value is -1.94. The minimum Gasteiger partial charge on any atom is -0.462 e. The number of esters is 4. The fourth-order valence-electron chi connectivity index (χ4n) is 11.5. The quantitative estimate of drug-likeness (QED) is 0.0222. The monoisotopic (exact) mass is 1380 g/mol. The molecule has 558 valence electrons. The zero-order valence-corrected chi connectivity index (χ0v) is 63.1. The molecule has 0 aliphatic rings. The van der Waals surface area contributed by atoms with Gasteiger partial charge in [-0.15, -0.1) is 0 Å².